The van der Waals surface area contributed by atoms with Crippen molar-refractivity contribution in [1.29, 1.82) is 0 Å². The highest BCUT2D eigenvalue weighted by Gasteiger charge is 2.43. The first-order valence-corrected chi connectivity index (χ1v) is 7.06. The molecule has 0 aromatic heterocycles. The molecule has 0 bridgehead atoms. The summed E-state index contributed by atoms with van der Waals surface area (Å²) >= 11 is 0. The van der Waals surface area contributed by atoms with E-state index in [0.29, 0.717) is 17.8 Å². The van der Waals surface area contributed by atoms with E-state index in [4.69, 9.17) is 5.26 Å². The first-order chi connectivity index (χ1) is 8.54. The monoisotopic (exact) mass is 252 g/mol. The fourth-order valence-electron chi connectivity index (χ4n) is 4.11. The van der Waals surface area contributed by atoms with E-state index in [1.165, 1.54) is 18.4 Å². The third-order valence-corrected chi connectivity index (χ3v) is 5.25. The van der Waals surface area contributed by atoms with Crippen molar-refractivity contribution >= 4 is 5.97 Å². The molecule has 0 aromatic carbocycles. The molecule has 0 amide bonds. The molecule has 3 heteroatoms. The van der Waals surface area contributed by atoms with Crippen molar-refractivity contribution in [2.75, 3.05) is 0 Å². The standard InChI is InChI=1S/C15H24O3/c1-9-4-6-12-10(2)5-7-13(14(12)8-9)11(3)15(16)18-17/h10-14,17H,1,4-8H2,2-3H3/t10-,11-,12+,13+,14+/m1/s1. The number of hydrogen-bond donors (Lipinski definition) is 1. The van der Waals surface area contributed by atoms with Gasteiger partial charge in [-0.1, -0.05) is 32.4 Å². The molecule has 2 aliphatic rings. The van der Waals surface area contributed by atoms with Gasteiger partial charge < -0.3 is 4.89 Å². The molecular weight excluding hydrogens is 228 g/mol. The van der Waals surface area contributed by atoms with Crippen LogP contribution in [0, 0.1) is 29.6 Å². The van der Waals surface area contributed by atoms with Crippen molar-refractivity contribution in [3.8, 4) is 0 Å². The lowest BCUT2D eigenvalue weighted by atomic mass is 9.58. The van der Waals surface area contributed by atoms with E-state index in [9.17, 15) is 4.79 Å². The maximum absolute atomic E-state index is 11.6. The van der Waals surface area contributed by atoms with Crippen molar-refractivity contribution in [2.24, 2.45) is 29.6 Å². The first-order valence-electron chi connectivity index (χ1n) is 7.06. The number of carbonyl (C=O) groups is 1. The minimum atomic E-state index is -0.482. The van der Waals surface area contributed by atoms with Gasteiger partial charge in [-0.2, -0.15) is 5.26 Å². The maximum atomic E-state index is 11.6. The van der Waals surface area contributed by atoms with Crippen LogP contribution in [0.3, 0.4) is 0 Å². The molecule has 0 radical (unpaired) electrons. The number of carbonyl (C=O) groups excluding carboxylic acids is 1. The summed E-state index contributed by atoms with van der Waals surface area (Å²) in [5, 5.41) is 8.57. The highest BCUT2D eigenvalue weighted by atomic mass is 17.1. The normalized spacial score (nSPS) is 37.8. The van der Waals surface area contributed by atoms with Gasteiger partial charge >= 0.3 is 5.97 Å². The summed E-state index contributed by atoms with van der Waals surface area (Å²) in [6, 6.07) is 0. The fourth-order valence-corrected chi connectivity index (χ4v) is 4.11. The Bertz CT molecular complexity index is 337. The second-order valence-corrected chi connectivity index (χ2v) is 6.24. The highest BCUT2D eigenvalue weighted by molar-refractivity contribution is 5.71. The van der Waals surface area contributed by atoms with Gasteiger partial charge in [-0.3, -0.25) is 0 Å². The smallest absolute Gasteiger partial charge is 0.301 e. The van der Waals surface area contributed by atoms with E-state index < -0.39 is 5.97 Å². The molecule has 18 heavy (non-hydrogen) atoms. The van der Waals surface area contributed by atoms with Gasteiger partial charge in [0.1, 0.15) is 0 Å². The molecule has 5 atom stereocenters. The SMILES string of the molecule is C=C1CC[C@@H]2[C@H](C1)[C@H]([C@@H](C)C(=O)OO)CC[C@H]2C. The molecule has 0 spiro atoms. The van der Waals surface area contributed by atoms with Gasteiger partial charge in [0.2, 0.25) is 0 Å². The third-order valence-electron chi connectivity index (χ3n) is 5.25. The van der Waals surface area contributed by atoms with Gasteiger partial charge in [0, 0.05) is 0 Å². The van der Waals surface area contributed by atoms with Crippen molar-refractivity contribution in [3.63, 3.8) is 0 Å². The van der Waals surface area contributed by atoms with Gasteiger partial charge in [0.05, 0.1) is 5.92 Å². The summed E-state index contributed by atoms with van der Waals surface area (Å²) in [6.07, 6.45) is 5.63. The van der Waals surface area contributed by atoms with Crippen LogP contribution in [0.5, 0.6) is 0 Å². The second-order valence-electron chi connectivity index (χ2n) is 6.24. The molecule has 2 saturated carbocycles. The van der Waals surface area contributed by atoms with Crippen LogP contribution in [0.15, 0.2) is 12.2 Å². The Labute approximate surface area is 109 Å². The van der Waals surface area contributed by atoms with Gasteiger partial charge in [-0.05, 0) is 49.4 Å². The Balaban J connectivity index is 2.15. The molecular formula is C15H24O3. The topological polar surface area (TPSA) is 46.5 Å². The van der Waals surface area contributed by atoms with Gasteiger partial charge in [-0.25, -0.2) is 4.79 Å². The Morgan fingerprint density at radius 1 is 1.39 bits per heavy atom. The molecule has 0 unspecified atom stereocenters. The van der Waals surface area contributed by atoms with Gasteiger partial charge in [-0.15, -0.1) is 0 Å². The summed E-state index contributed by atoms with van der Waals surface area (Å²) < 4.78 is 0. The van der Waals surface area contributed by atoms with E-state index in [1.54, 1.807) is 0 Å². The molecule has 0 aromatic rings. The number of rotatable bonds is 2. The van der Waals surface area contributed by atoms with E-state index in [-0.39, 0.29) is 5.92 Å². The molecule has 2 rings (SSSR count). The lowest BCUT2D eigenvalue weighted by Crippen LogP contribution is -2.41. The molecule has 0 aliphatic heterocycles. The largest absolute Gasteiger partial charge is 0.345 e. The summed E-state index contributed by atoms with van der Waals surface area (Å²) in [5.74, 6) is 1.65. The van der Waals surface area contributed by atoms with Gasteiger partial charge in [0.25, 0.3) is 0 Å². The van der Waals surface area contributed by atoms with E-state index >= 15 is 0 Å². The maximum Gasteiger partial charge on any atom is 0.345 e. The van der Waals surface area contributed by atoms with E-state index in [0.717, 1.165) is 25.2 Å². The molecule has 0 heterocycles. The summed E-state index contributed by atoms with van der Waals surface area (Å²) in [4.78, 5) is 15.5. The fraction of sp³-hybridized carbons (Fsp3) is 0.800. The van der Waals surface area contributed by atoms with E-state index in [2.05, 4.69) is 18.4 Å². The highest BCUT2D eigenvalue weighted by Crippen LogP contribution is 2.50. The van der Waals surface area contributed by atoms with Crippen LogP contribution in [0.2, 0.25) is 0 Å². The molecule has 102 valence electrons. The summed E-state index contributed by atoms with van der Waals surface area (Å²) in [5.41, 5.74) is 1.32. The Morgan fingerprint density at radius 2 is 2.11 bits per heavy atom. The van der Waals surface area contributed by atoms with Crippen LogP contribution in [0.4, 0.5) is 0 Å². The van der Waals surface area contributed by atoms with Crippen LogP contribution < -0.4 is 0 Å². The third kappa shape index (κ3) is 2.46. The van der Waals surface area contributed by atoms with Crippen molar-refractivity contribution in [3.05, 3.63) is 12.2 Å². The Kier molecular flexibility index (Phi) is 4.10. The lowest BCUT2D eigenvalue weighted by Gasteiger charge is -2.47. The van der Waals surface area contributed by atoms with Crippen LogP contribution in [0.1, 0.15) is 46.0 Å². The Hall–Kier alpha value is -0.830. The van der Waals surface area contributed by atoms with Gasteiger partial charge in [0.15, 0.2) is 0 Å². The molecule has 0 saturated heterocycles. The average molecular weight is 252 g/mol. The molecule has 2 aliphatic carbocycles. The molecule has 1 N–H and O–H groups in total. The number of allylic oxidation sites excluding steroid dienone is 1. The van der Waals surface area contributed by atoms with E-state index in [1.807, 2.05) is 6.92 Å². The predicted molar refractivity (Wildman–Crippen MR) is 69.7 cm³/mol. The van der Waals surface area contributed by atoms with Crippen LogP contribution in [-0.4, -0.2) is 11.2 Å². The van der Waals surface area contributed by atoms with Crippen molar-refractivity contribution < 1.29 is 14.9 Å². The minimum Gasteiger partial charge on any atom is -0.301 e. The number of fused-ring (bicyclic) bond motifs is 1. The zero-order valence-electron chi connectivity index (χ0n) is 11.4. The quantitative estimate of drug-likeness (QED) is 0.463. The van der Waals surface area contributed by atoms with Crippen LogP contribution >= 0.6 is 0 Å². The summed E-state index contributed by atoms with van der Waals surface area (Å²) in [7, 11) is 0. The molecule has 2 fully saturated rings. The average Bonchev–Trinajstić information content (AvgIpc) is 2.37. The zero-order valence-corrected chi connectivity index (χ0v) is 11.4. The van der Waals surface area contributed by atoms with Crippen molar-refractivity contribution in [1.82, 2.24) is 0 Å². The first kappa shape index (κ1) is 13.6. The molecule has 3 nitrogen and oxygen atoms in total. The predicted octanol–water partition coefficient (Wildman–Crippen LogP) is 3.66. The minimum absolute atomic E-state index is 0.208. The zero-order chi connectivity index (χ0) is 13.3. The number of hydrogen-bond acceptors (Lipinski definition) is 3. The van der Waals surface area contributed by atoms with Crippen LogP contribution in [0.25, 0.3) is 0 Å². The lowest BCUT2D eigenvalue weighted by molar-refractivity contribution is -0.241. The van der Waals surface area contributed by atoms with Crippen LogP contribution in [-0.2, 0) is 9.68 Å². The second kappa shape index (κ2) is 5.43. The summed E-state index contributed by atoms with van der Waals surface area (Å²) in [6.45, 7) is 8.34. The Morgan fingerprint density at radius 3 is 2.78 bits per heavy atom. The van der Waals surface area contributed by atoms with Crippen molar-refractivity contribution in [2.45, 2.75) is 46.0 Å².